The van der Waals surface area contributed by atoms with Crippen molar-refractivity contribution in [3.05, 3.63) is 45.9 Å². The van der Waals surface area contributed by atoms with E-state index in [1.54, 1.807) is 0 Å². The van der Waals surface area contributed by atoms with Gasteiger partial charge >= 0.3 is 0 Å². The van der Waals surface area contributed by atoms with Crippen LogP contribution in [0.5, 0.6) is 0 Å². The molecule has 4 rings (SSSR count). The molecule has 0 unspecified atom stereocenters. The van der Waals surface area contributed by atoms with Crippen LogP contribution in [0.3, 0.4) is 0 Å². The second kappa shape index (κ2) is 9.93. The topological polar surface area (TPSA) is 81.5 Å². The Labute approximate surface area is 196 Å². The van der Waals surface area contributed by atoms with Crippen molar-refractivity contribution in [1.82, 2.24) is 29.9 Å². The van der Waals surface area contributed by atoms with Gasteiger partial charge in [0.2, 0.25) is 5.13 Å². The minimum Gasteiger partial charge on any atom is -0.363 e. The average molecular weight is 472 g/mol. The zero-order valence-electron chi connectivity index (χ0n) is 18.7. The molecule has 0 amide bonds. The number of hydrogen-bond acceptors (Lipinski definition) is 6. The SMILES string of the molecule is CCNC(=S)N1CCN(CCN=C(C)c2c(C)[nH]n(-c3nc4ccccc4s3)c2=O)CC1. The number of fused-ring (bicyclic) bond motifs is 1. The van der Waals surface area contributed by atoms with Gasteiger partial charge in [0.1, 0.15) is 0 Å². The fourth-order valence-corrected chi connectivity index (χ4v) is 5.19. The summed E-state index contributed by atoms with van der Waals surface area (Å²) < 4.78 is 2.58. The maximum atomic E-state index is 13.1. The Morgan fingerprint density at radius 1 is 1.28 bits per heavy atom. The van der Waals surface area contributed by atoms with Gasteiger partial charge in [0.15, 0.2) is 5.11 Å². The Morgan fingerprint density at radius 3 is 2.75 bits per heavy atom. The van der Waals surface area contributed by atoms with Gasteiger partial charge in [-0.1, -0.05) is 23.5 Å². The number of aryl methyl sites for hydroxylation is 1. The van der Waals surface area contributed by atoms with Crippen molar-refractivity contribution < 1.29 is 0 Å². The van der Waals surface area contributed by atoms with Crippen molar-refractivity contribution >= 4 is 44.6 Å². The molecule has 10 heteroatoms. The normalized spacial score (nSPS) is 15.5. The van der Waals surface area contributed by atoms with Gasteiger partial charge in [-0.3, -0.25) is 19.8 Å². The van der Waals surface area contributed by atoms with Crippen LogP contribution in [-0.2, 0) is 0 Å². The summed E-state index contributed by atoms with van der Waals surface area (Å²) in [5.41, 5.74) is 2.99. The predicted octanol–water partition coefficient (Wildman–Crippen LogP) is 2.40. The zero-order valence-corrected chi connectivity index (χ0v) is 20.4. The number of nitrogens with one attached hydrogen (secondary N) is 2. The van der Waals surface area contributed by atoms with Crippen LogP contribution in [0.1, 0.15) is 25.1 Å². The molecule has 0 saturated carbocycles. The number of thiazole rings is 1. The van der Waals surface area contributed by atoms with Crippen LogP contribution in [0.25, 0.3) is 15.3 Å². The first kappa shape index (κ1) is 22.6. The molecule has 2 aromatic heterocycles. The summed E-state index contributed by atoms with van der Waals surface area (Å²) in [4.78, 5) is 27.0. The van der Waals surface area contributed by atoms with E-state index in [0.29, 0.717) is 17.2 Å². The monoisotopic (exact) mass is 471 g/mol. The quantitative estimate of drug-likeness (QED) is 0.425. The summed E-state index contributed by atoms with van der Waals surface area (Å²) in [5.74, 6) is 0. The Balaban J connectivity index is 1.40. The minimum atomic E-state index is -0.103. The van der Waals surface area contributed by atoms with E-state index in [1.807, 2.05) is 38.1 Å². The third-order valence-electron chi connectivity index (χ3n) is 5.66. The molecule has 32 heavy (non-hydrogen) atoms. The molecule has 1 saturated heterocycles. The number of aromatic nitrogens is 3. The van der Waals surface area contributed by atoms with E-state index in [2.05, 4.69) is 32.1 Å². The van der Waals surface area contributed by atoms with E-state index in [4.69, 9.17) is 17.2 Å². The third-order valence-corrected chi connectivity index (χ3v) is 7.08. The smallest absolute Gasteiger partial charge is 0.282 e. The first-order valence-electron chi connectivity index (χ1n) is 10.9. The fraction of sp³-hybridized carbons (Fsp3) is 0.455. The lowest BCUT2D eigenvalue weighted by Gasteiger charge is -2.35. The molecule has 8 nitrogen and oxygen atoms in total. The maximum Gasteiger partial charge on any atom is 0.282 e. The van der Waals surface area contributed by atoms with Gasteiger partial charge in [-0.2, -0.15) is 4.68 Å². The average Bonchev–Trinajstić information content (AvgIpc) is 3.34. The Hall–Kier alpha value is -2.56. The number of piperazine rings is 1. The van der Waals surface area contributed by atoms with Gasteiger partial charge in [-0.05, 0) is 45.1 Å². The largest absolute Gasteiger partial charge is 0.363 e. The number of para-hydroxylation sites is 1. The van der Waals surface area contributed by atoms with E-state index < -0.39 is 0 Å². The van der Waals surface area contributed by atoms with Crippen LogP contribution in [0, 0.1) is 6.92 Å². The lowest BCUT2D eigenvalue weighted by molar-refractivity contribution is 0.185. The number of benzene rings is 1. The highest BCUT2D eigenvalue weighted by atomic mass is 32.1. The van der Waals surface area contributed by atoms with Crippen LogP contribution in [0.4, 0.5) is 0 Å². The van der Waals surface area contributed by atoms with Crippen LogP contribution in [0.2, 0.25) is 0 Å². The van der Waals surface area contributed by atoms with Gasteiger partial charge in [0.25, 0.3) is 5.56 Å². The molecule has 170 valence electrons. The molecule has 3 heterocycles. The molecular weight excluding hydrogens is 442 g/mol. The number of nitrogens with zero attached hydrogens (tertiary/aromatic N) is 5. The number of rotatable bonds is 6. The van der Waals surface area contributed by atoms with Gasteiger partial charge < -0.3 is 10.2 Å². The summed E-state index contributed by atoms with van der Waals surface area (Å²) >= 11 is 6.90. The van der Waals surface area contributed by atoms with Crippen molar-refractivity contribution in [3.8, 4) is 5.13 Å². The maximum absolute atomic E-state index is 13.1. The number of aromatic amines is 1. The summed E-state index contributed by atoms with van der Waals surface area (Å²) in [7, 11) is 0. The molecule has 0 bridgehead atoms. The summed E-state index contributed by atoms with van der Waals surface area (Å²) in [5, 5.41) is 7.88. The van der Waals surface area contributed by atoms with Crippen molar-refractivity contribution in [1.29, 1.82) is 0 Å². The molecule has 0 atom stereocenters. The summed E-state index contributed by atoms with van der Waals surface area (Å²) in [6, 6.07) is 7.90. The number of hydrogen-bond donors (Lipinski definition) is 2. The van der Waals surface area contributed by atoms with Gasteiger partial charge in [-0.15, -0.1) is 0 Å². The number of H-pyrrole nitrogens is 1. The molecule has 1 aliphatic rings. The van der Waals surface area contributed by atoms with Crippen molar-refractivity contribution in [2.24, 2.45) is 4.99 Å². The zero-order chi connectivity index (χ0) is 22.7. The first-order chi connectivity index (χ1) is 15.5. The molecule has 3 aromatic rings. The highest BCUT2D eigenvalue weighted by molar-refractivity contribution is 7.80. The molecule has 0 spiro atoms. The van der Waals surface area contributed by atoms with Gasteiger partial charge in [0.05, 0.1) is 22.3 Å². The Morgan fingerprint density at radius 2 is 2.03 bits per heavy atom. The van der Waals surface area contributed by atoms with Crippen LogP contribution in [0.15, 0.2) is 34.1 Å². The van der Waals surface area contributed by atoms with E-state index in [-0.39, 0.29) is 5.56 Å². The van der Waals surface area contributed by atoms with Crippen molar-refractivity contribution in [2.75, 3.05) is 45.8 Å². The molecule has 1 fully saturated rings. The van der Waals surface area contributed by atoms with Crippen molar-refractivity contribution in [3.63, 3.8) is 0 Å². The molecular formula is C22H29N7OS2. The standard InChI is InChI=1S/C22H29N7OS2/c1-4-23-21(31)28-13-11-27(12-14-28)10-9-24-15(2)19-16(3)26-29(20(19)30)22-25-17-7-5-6-8-18(17)32-22/h5-8,26H,4,9-14H2,1-3H3,(H,23,31). The molecule has 2 N–H and O–H groups in total. The second-order valence-electron chi connectivity index (χ2n) is 7.85. The van der Waals surface area contributed by atoms with E-state index in [1.165, 1.54) is 16.0 Å². The lowest BCUT2D eigenvalue weighted by atomic mass is 10.2. The lowest BCUT2D eigenvalue weighted by Crippen LogP contribution is -2.52. The van der Waals surface area contributed by atoms with Crippen LogP contribution >= 0.6 is 23.6 Å². The van der Waals surface area contributed by atoms with E-state index >= 15 is 0 Å². The number of thiocarbonyl (C=S) groups is 1. The van der Waals surface area contributed by atoms with Crippen LogP contribution < -0.4 is 10.9 Å². The summed E-state index contributed by atoms with van der Waals surface area (Å²) in [6.45, 7) is 12.1. The summed E-state index contributed by atoms with van der Waals surface area (Å²) in [6.07, 6.45) is 0. The first-order valence-corrected chi connectivity index (χ1v) is 12.1. The van der Waals surface area contributed by atoms with Gasteiger partial charge in [0, 0.05) is 50.7 Å². The van der Waals surface area contributed by atoms with Gasteiger partial charge in [-0.25, -0.2) is 4.98 Å². The molecule has 0 aliphatic carbocycles. The predicted molar refractivity (Wildman–Crippen MR) is 136 cm³/mol. The molecule has 1 aromatic carbocycles. The van der Waals surface area contributed by atoms with E-state index in [0.717, 1.165) is 66.0 Å². The second-order valence-corrected chi connectivity index (χ2v) is 9.24. The minimum absolute atomic E-state index is 0.103. The fourth-order valence-electron chi connectivity index (χ4n) is 3.94. The highest BCUT2D eigenvalue weighted by Gasteiger charge is 2.19. The molecule has 0 radical (unpaired) electrons. The Bertz CT molecular complexity index is 1150. The molecule has 1 aliphatic heterocycles. The van der Waals surface area contributed by atoms with E-state index in [9.17, 15) is 4.79 Å². The highest BCUT2D eigenvalue weighted by Crippen LogP contribution is 2.23. The number of aliphatic imine (C=N–C) groups is 1. The van der Waals surface area contributed by atoms with Crippen LogP contribution in [-0.4, -0.2) is 81.2 Å². The third kappa shape index (κ3) is 4.77. The van der Waals surface area contributed by atoms with Crippen molar-refractivity contribution in [2.45, 2.75) is 20.8 Å². The Kier molecular flexibility index (Phi) is 7.02.